The fourth-order valence-electron chi connectivity index (χ4n) is 7.39. The molecule has 4 aromatic carbocycles. The molecule has 3 aromatic heterocycles. The summed E-state index contributed by atoms with van der Waals surface area (Å²) >= 11 is 0. The van der Waals surface area contributed by atoms with Gasteiger partial charge in [-0.2, -0.15) is 11.2 Å². The summed E-state index contributed by atoms with van der Waals surface area (Å²) in [5, 5.41) is 7.49. The van der Waals surface area contributed by atoms with Gasteiger partial charge in [0, 0.05) is 34.5 Å². The zero-order chi connectivity index (χ0) is 37.8. The average molecular weight is 896 g/mol. The van der Waals surface area contributed by atoms with Crippen LogP contribution in [-0.2, 0) is 38.3 Å². The van der Waals surface area contributed by atoms with E-state index in [0.717, 1.165) is 57.4 Å². The summed E-state index contributed by atoms with van der Waals surface area (Å²) in [6.45, 7) is 24.5. The Bertz CT molecular complexity index is 2450. The van der Waals surface area contributed by atoms with Gasteiger partial charge < -0.3 is 9.30 Å². The fraction of sp³-hybridized carbons (Fsp3) is 0.333. The number of benzene rings is 4. The maximum atomic E-state index is 6.76. The summed E-state index contributed by atoms with van der Waals surface area (Å²) in [6.07, 6.45) is 3.87. The molecule has 0 atom stereocenters. The average Bonchev–Trinajstić information content (AvgIpc) is 3.60. The van der Waals surface area contributed by atoms with E-state index in [2.05, 4.69) is 170 Å². The summed E-state index contributed by atoms with van der Waals surface area (Å²) in [5.74, 6) is 2.67. The minimum atomic E-state index is -0.137. The van der Waals surface area contributed by atoms with Gasteiger partial charge in [-0.1, -0.05) is 97.3 Å². The predicted octanol–water partition coefficient (Wildman–Crippen LogP) is 12.5. The van der Waals surface area contributed by atoms with Crippen molar-refractivity contribution in [3.8, 4) is 34.1 Å². The van der Waals surface area contributed by atoms with E-state index in [9.17, 15) is 0 Å². The number of para-hydroxylation sites is 1. The molecule has 0 bridgehead atoms. The van der Waals surface area contributed by atoms with Crippen LogP contribution in [0.1, 0.15) is 95.5 Å². The standard InChI is InChI=1S/C48H52N4O.Pt/c1-30(2)19-22-42-46(45-31(3)15-14-16-32(45)4)33(5)50-52(42)36-25-35(48(9,10)11)26-38(28-36)53-37-20-21-40-39-17-12-13-18-41(39)51(43(40)29-37)44-27-34(23-24-49-44)47(6,7)8;/h12-18,20-21,23-27,30H,19,22H2,1-11H3;/q-2;+2. The molecule has 0 saturated heterocycles. The summed E-state index contributed by atoms with van der Waals surface area (Å²) in [4.78, 5) is 4.86. The first kappa shape index (κ1) is 39.2. The second-order valence-corrected chi connectivity index (χ2v) is 17.1. The molecule has 0 aliphatic rings. The van der Waals surface area contributed by atoms with Gasteiger partial charge in [-0.25, -0.2) is 4.98 Å². The SMILES string of the molecule is Cc1cccc(C)c1-c1c(C)nn(-c2[c-]c(Oc3[c-]c4c(cc3)c3ccccc3n4-c3cc(C(C)(C)C)ccn3)cc(C(C)(C)C)c2)c1CCC(C)C.[Pt+2]. The minimum absolute atomic E-state index is 0. The monoisotopic (exact) mass is 895 g/mol. The Balaban J connectivity index is 0.00000497. The Morgan fingerprint density at radius 2 is 1.43 bits per heavy atom. The zero-order valence-corrected chi connectivity index (χ0v) is 35.9. The molecule has 3 heterocycles. The van der Waals surface area contributed by atoms with Crippen LogP contribution in [0, 0.1) is 38.8 Å². The van der Waals surface area contributed by atoms with E-state index in [1.807, 2.05) is 12.3 Å². The van der Waals surface area contributed by atoms with E-state index in [1.165, 1.54) is 33.5 Å². The van der Waals surface area contributed by atoms with Gasteiger partial charge in [0.2, 0.25) is 0 Å². The molecule has 54 heavy (non-hydrogen) atoms. The smallest absolute Gasteiger partial charge is 0.509 e. The molecule has 0 aliphatic carbocycles. The number of rotatable bonds is 8. The minimum Gasteiger partial charge on any atom is -0.509 e. The second kappa shape index (κ2) is 15.0. The van der Waals surface area contributed by atoms with Gasteiger partial charge in [0.1, 0.15) is 5.82 Å². The molecule has 0 radical (unpaired) electrons. The summed E-state index contributed by atoms with van der Waals surface area (Å²) in [6, 6.07) is 35.1. The Hall–Kier alpha value is -4.47. The molecular formula is C48H52N4OPt. The van der Waals surface area contributed by atoms with Crippen LogP contribution in [0.4, 0.5) is 0 Å². The molecule has 0 amide bonds. The van der Waals surface area contributed by atoms with Crippen LogP contribution in [0.3, 0.4) is 0 Å². The molecule has 7 aromatic rings. The van der Waals surface area contributed by atoms with Crippen molar-refractivity contribution in [2.45, 2.75) is 99.8 Å². The first-order chi connectivity index (χ1) is 25.1. The van der Waals surface area contributed by atoms with Crippen molar-refractivity contribution in [3.05, 3.63) is 131 Å². The van der Waals surface area contributed by atoms with Crippen LogP contribution in [0.25, 0.3) is 44.4 Å². The Morgan fingerprint density at radius 1 is 0.722 bits per heavy atom. The Kier molecular flexibility index (Phi) is 10.9. The maximum Gasteiger partial charge on any atom is 2.00 e. The van der Waals surface area contributed by atoms with E-state index in [0.29, 0.717) is 17.4 Å². The van der Waals surface area contributed by atoms with Gasteiger partial charge in [0.25, 0.3) is 0 Å². The van der Waals surface area contributed by atoms with Crippen molar-refractivity contribution in [2.24, 2.45) is 5.92 Å². The van der Waals surface area contributed by atoms with Crippen molar-refractivity contribution in [3.63, 3.8) is 0 Å². The van der Waals surface area contributed by atoms with Crippen molar-refractivity contribution in [1.82, 2.24) is 19.3 Å². The van der Waals surface area contributed by atoms with Crippen LogP contribution < -0.4 is 4.74 Å². The summed E-state index contributed by atoms with van der Waals surface area (Å²) < 4.78 is 11.1. The number of pyridine rings is 1. The number of ether oxygens (including phenoxy) is 1. The third kappa shape index (κ3) is 7.58. The number of hydrogen-bond acceptors (Lipinski definition) is 3. The fourth-order valence-corrected chi connectivity index (χ4v) is 7.39. The molecule has 5 nitrogen and oxygen atoms in total. The molecule has 0 N–H and O–H groups in total. The van der Waals surface area contributed by atoms with Gasteiger partial charge in [-0.15, -0.1) is 41.3 Å². The van der Waals surface area contributed by atoms with Crippen molar-refractivity contribution in [1.29, 1.82) is 0 Å². The molecule has 0 aliphatic heterocycles. The number of aromatic nitrogens is 4. The molecule has 0 saturated carbocycles. The third-order valence-electron chi connectivity index (χ3n) is 10.4. The van der Waals surface area contributed by atoms with Crippen LogP contribution in [0.5, 0.6) is 11.5 Å². The topological polar surface area (TPSA) is 44.9 Å². The number of nitrogens with zero attached hydrogens (tertiary/aromatic N) is 4. The molecule has 0 unspecified atom stereocenters. The first-order valence-electron chi connectivity index (χ1n) is 18.9. The van der Waals surface area contributed by atoms with E-state index >= 15 is 0 Å². The Labute approximate surface area is 336 Å². The van der Waals surface area contributed by atoms with E-state index in [4.69, 9.17) is 14.8 Å². The van der Waals surface area contributed by atoms with Gasteiger partial charge in [-0.05, 0) is 102 Å². The number of hydrogen-bond donors (Lipinski definition) is 0. The molecule has 6 heteroatoms. The second-order valence-electron chi connectivity index (χ2n) is 17.1. The quantitative estimate of drug-likeness (QED) is 0.143. The summed E-state index contributed by atoms with van der Waals surface area (Å²) in [7, 11) is 0. The Morgan fingerprint density at radius 3 is 2.11 bits per heavy atom. The molecule has 0 fully saturated rings. The predicted molar refractivity (Wildman–Crippen MR) is 220 cm³/mol. The van der Waals surface area contributed by atoms with Gasteiger partial charge in [-0.3, -0.25) is 4.68 Å². The number of fused-ring (bicyclic) bond motifs is 3. The molecular weight excluding hydrogens is 844 g/mol. The van der Waals surface area contributed by atoms with E-state index in [1.54, 1.807) is 0 Å². The zero-order valence-electron chi connectivity index (χ0n) is 33.6. The number of aryl methyl sites for hydroxylation is 3. The van der Waals surface area contributed by atoms with Gasteiger partial charge >= 0.3 is 21.1 Å². The maximum absolute atomic E-state index is 6.76. The molecule has 280 valence electrons. The normalized spacial score (nSPS) is 12.1. The van der Waals surface area contributed by atoms with Crippen molar-refractivity contribution < 1.29 is 25.8 Å². The van der Waals surface area contributed by atoms with Crippen molar-refractivity contribution in [2.75, 3.05) is 0 Å². The van der Waals surface area contributed by atoms with Crippen LogP contribution >= 0.6 is 0 Å². The van der Waals surface area contributed by atoms with Gasteiger partial charge in [0.15, 0.2) is 0 Å². The third-order valence-corrected chi connectivity index (χ3v) is 10.4. The van der Waals surface area contributed by atoms with E-state index < -0.39 is 0 Å². The van der Waals surface area contributed by atoms with Crippen LogP contribution in [-0.4, -0.2) is 19.3 Å². The van der Waals surface area contributed by atoms with E-state index in [-0.39, 0.29) is 31.9 Å². The molecule has 0 spiro atoms. The van der Waals surface area contributed by atoms with Crippen LogP contribution in [0.2, 0.25) is 0 Å². The van der Waals surface area contributed by atoms with Crippen LogP contribution in [0.15, 0.2) is 85.1 Å². The van der Waals surface area contributed by atoms with Gasteiger partial charge in [0.05, 0.1) is 5.69 Å². The first-order valence-corrected chi connectivity index (χ1v) is 18.9. The van der Waals surface area contributed by atoms with Crippen molar-refractivity contribution >= 4 is 21.8 Å². The largest absolute Gasteiger partial charge is 2.00 e. The summed E-state index contributed by atoms with van der Waals surface area (Å²) in [5.41, 5.74) is 12.4. The molecule has 7 rings (SSSR count).